The van der Waals surface area contributed by atoms with Crippen LogP contribution in [0.15, 0.2) is 47.1 Å². The fraction of sp³-hybridized carbons (Fsp3) is 0.476. The Hall–Kier alpha value is -2.05. The molecule has 0 saturated carbocycles. The third-order valence-electron chi connectivity index (χ3n) is 5.05. The highest BCUT2D eigenvalue weighted by Crippen LogP contribution is 2.18. The number of methoxy groups -OCH3 is 1. The highest BCUT2D eigenvalue weighted by molar-refractivity contribution is 7.80. The zero-order valence-electron chi connectivity index (χ0n) is 16.1. The Morgan fingerprint density at radius 3 is 2.81 bits per heavy atom. The molecule has 3 rings (SSSR count). The number of likely N-dealkylation sites (tertiary alicyclic amines) is 1. The summed E-state index contributed by atoms with van der Waals surface area (Å²) in [5, 5.41) is 4.06. The van der Waals surface area contributed by atoms with Crippen LogP contribution in [0.3, 0.4) is 0 Å². The van der Waals surface area contributed by atoms with Gasteiger partial charge in [0.2, 0.25) is 0 Å². The zero-order valence-corrected chi connectivity index (χ0v) is 16.9. The van der Waals surface area contributed by atoms with Gasteiger partial charge in [0.1, 0.15) is 11.5 Å². The Morgan fingerprint density at radius 1 is 1.22 bits per heavy atom. The average molecular weight is 389 g/mol. The maximum absolute atomic E-state index is 5.71. The first kappa shape index (κ1) is 19.7. The van der Waals surface area contributed by atoms with Crippen molar-refractivity contribution < 1.29 is 14.1 Å². The quantitative estimate of drug-likeness (QED) is 0.681. The van der Waals surface area contributed by atoms with Crippen LogP contribution >= 0.6 is 12.2 Å². The molecule has 0 unspecified atom stereocenters. The molecule has 146 valence electrons. The van der Waals surface area contributed by atoms with E-state index in [2.05, 4.69) is 10.2 Å². The van der Waals surface area contributed by atoms with Gasteiger partial charge >= 0.3 is 0 Å². The summed E-state index contributed by atoms with van der Waals surface area (Å²) in [6.45, 7) is 5.42. The number of hydrogen-bond acceptors (Lipinski definition) is 3. The number of rotatable bonds is 8. The van der Waals surface area contributed by atoms with Gasteiger partial charge in [0.25, 0.3) is 0 Å². The number of anilines is 1. The van der Waals surface area contributed by atoms with Gasteiger partial charge in [-0.2, -0.15) is 0 Å². The van der Waals surface area contributed by atoms with Gasteiger partial charge in [0.15, 0.2) is 5.11 Å². The number of quaternary nitrogens is 1. The molecule has 6 heteroatoms. The molecule has 0 bridgehead atoms. The minimum atomic E-state index is 0.679. The summed E-state index contributed by atoms with van der Waals surface area (Å²) in [6, 6.07) is 11.8. The van der Waals surface area contributed by atoms with Crippen molar-refractivity contribution >= 4 is 23.0 Å². The van der Waals surface area contributed by atoms with Crippen molar-refractivity contribution in [3.63, 3.8) is 0 Å². The van der Waals surface area contributed by atoms with E-state index in [0.29, 0.717) is 11.7 Å². The number of hydrogen-bond donors (Lipinski definition) is 2. The predicted octanol–water partition coefficient (Wildman–Crippen LogP) is 2.95. The van der Waals surface area contributed by atoms with Gasteiger partial charge in [-0.05, 0) is 55.7 Å². The summed E-state index contributed by atoms with van der Waals surface area (Å²) in [7, 11) is 1.67. The van der Waals surface area contributed by atoms with Crippen molar-refractivity contribution in [1.82, 2.24) is 4.90 Å². The van der Waals surface area contributed by atoms with Crippen molar-refractivity contribution in [1.29, 1.82) is 0 Å². The topological polar surface area (TPSA) is 42.1 Å². The third kappa shape index (κ3) is 6.26. The number of ether oxygens (including phenoxy) is 1. The highest BCUT2D eigenvalue weighted by atomic mass is 32.1. The fourth-order valence-electron chi connectivity index (χ4n) is 3.57. The van der Waals surface area contributed by atoms with Crippen LogP contribution in [0.4, 0.5) is 5.69 Å². The van der Waals surface area contributed by atoms with Gasteiger partial charge in [-0.1, -0.05) is 6.07 Å². The second kappa shape index (κ2) is 10.3. The SMILES string of the molecule is COc1cccc(NC(=S)N(CCC[NH+]2CCCCC2)Cc2ccco2)c1. The van der Waals surface area contributed by atoms with Crippen LogP contribution in [0.2, 0.25) is 0 Å². The predicted molar refractivity (Wildman–Crippen MR) is 112 cm³/mol. The summed E-state index contributed by atoms with van der Waals surface area (Å²) in [6.07, 6.45) is 6.95. The third-order valence-corrected chi connectivity index (χ3v) is 5.41. The molecule has 0 atom stereocenters. The molecule has 1 aliphatic heterocycles. The van der Waals surface area contributed by atoms with Crippen LogP contribution in [0.5, 0.6) is 5.75 Å². The molecule has 0 spiro atoms. The minimum Gasteiger partial charge on any atom is -0.497 e. The molecule has 0 amide bonds. The Bertz CT molecular complexity index is 699. The molecule has 1 aliphatic rings. The van der Waals surface area contributed by atoms with Crippen molar-refractivity contribution in [2.45, 2.75) is 32.2 Å². The average Bonchev–Trinajstić information content (AvgIpc) is 3.21. The van der Waals surface area contributed by atoms with Crippen LogP contribution in [0.25, 0.3) is 0 Å². The Balaban J connectivity index is 1.58. The fourth-order valence-corrected chi connectivity index (χ4v) is 3.84. The summed E-state index contributed by atoms with van der Waals surface area (Å²) in [5.41, 5.74) is 0.936. The number of furan rings is 1. The van der Waals surface area contributed by atoms with Crippen molar-refractivity contribution in [3.05, 3.63) is 48.4 Å². The molecule has 1 aromatic carbocycles. The molecule has 2 N–H and O–H groups in total. The highest BCUT2D eigenvalue weighted by Gasteiger charge is 2.16. The van der Waals surface area contributed by atoms with E-state index in [9.17, 15) is 0 Å². The number of benzene rings is 1. The maximum atomic E-state index is 5.71. The van der Waals surface area contributed by atoms with E-state index in [4.69, 9.17) is 21.4 Å². The molecule has 2 heterocycles. The number of piperidine rings is 1. The first-order chi connectivity index (χ1) is 13.2. The minimum absolute atomic E-state index is 0.679. The maximum Gasteiger partial charge on any atom is 0.173 e. The van der Waals surface area contributed by atoms with Crippen LogP contribution in [0, 0.1) is 0 Å². The largest absolute Gasteiger partial charge is 0.497 e. The molecule has 5 nitrogen and oxygen atoms in total. The number of nitrogens with one attached hydrogen (secondary N) is 2. The van der Waals surface area contributed by atoms with E-state index in [-0.39, 0.29) is 0 Å². The van der Waals surface area contributed by atoms with Crippen LogP contribution < -0.4 is 15.0 Å². The lowest BCUT2D eigenvalue weighted by atomic mass is 10.1. The molecular formula is C21H30N3O2S+. The Kier molecular flexibility index (Phi) is 7.54. The first-order valence-electron chi connectivity index (χ1n) is 9.80. The molecule has 1 aromatic heterocycles. The zero-order chi connectivity index (χ0) is 18.9. The molecule has 1 fully saturated rings. The lowest BCUT2D eigenvalue weighted by molar-refractivity contribution is -0.905. The standard InChI is InChI=1S/C21H29N3O2S/c1-25-19-9-5-8-18(16-19)22-21(27)24(17-20-10-6-15-26-20)14-7-13-23-11-3-2-4-12-23/h5-6,8-10,15-16H,2-4,7,11-14,17H2,1H3,(H,22,27)/p+1. The van der Waals surface area contributed by atoms with Crippen LogP contribution in [0.1, 0.15) is 31.4 Å². The molecule has 0 aliphatic carbocycles. The second-order valence-electron chi connectivity index (χ2n) is 7.08. The molecule has 27 heavy (non-hydrogen) atoms. The van der Waals surface area contributed by atoms with E-state index in [1.807, 2.05) is 36.4 Å². The van der Waals surface area contributed by atoms with E-state index in [1.54, 1.807) is 18.3 Å². The van der Waals surface area contributed by atoms with Crippen molar-refractivity contribution in [2.75, 3.05) is 38.6 Å². The van der Waals surface area contributed by atoms with E-state index in [1.165, 1.54) is 38.9 Å². The van der Waals surface area contributed by atoms with Crippen molar-refractivity contribution in [2.24, 2.45) is 0 Å². The van der Waals surface area contributed by atoms with E-state index < -0.39 is 0 Å². The Morgan fingerprint density at radius 2 is 2.07 bits per heavy atom. The summed E-state index contributed by atoms with van der Waals surface area (Å²) in [4.78, 5) is 3.92. The summed E-state index contributed by atoms with van der Waals surface area (Å²) in [5.74, 6) is 1.74. The molecule has 2 aromatic rings. The second-order valence-corrected chi connectivity index (χ2v) is 7.46. The smallest absolute Gasteiger partial charge is 0.173 e. The van der Waals surface area contributed by atoms with E-state index in [0.717, 1.165) is 30.2 Å². The molecule has 0 radical (unpaired) electrons. The van der Waals surface area contributed by atoms with Crippen LogP contribution in [-0.4, -0.2) is 43.3 Å². The van der Waals surface area contributed by atoms with Gasteiger partial charge < -0.3 is 24.3 Å². The molecular weight excluding hydrogens is 358 g/mol. The van der Waals surface area contributed by atoms with Gasteiger partial charge in [0, 0.05) is 24.7 Å². The van der Waals surface area contributed by atoms with E-state index >= 15 is 0 Å². The van der Waals surface area contributed by atoms with Gasteiger partial charge in [0.05, 0.1) is 39.6 Å². The number of nitrogens with zero attached hydrogens (tertiary/aromatic N) is 1. The lowest BCUT2D eigenvalue weighted by Gasteiger charge is -2.27. The Labute approximate surface area is 167 Å². The molecule has 1 saturated heterocycles. The monoisotopic (exact) mass is 388 g/mol. The number of thiocarbonyl (C=S) groups is 1. The first-order valence-corrected chi connectivity index (χ1v) is 10.2. The van der Waals surface area contributed by atoms with Gasteiger partial charge in [-0.15, -0.1) is 0 Å². The lowest BCUT2D eigenvalue weighted by Crippen LogP contribution is -3.12. The summed E-state index contributed by atoms with van der Waals surface area (Å²) < 4.78 is 10.8. The van der Waals surface area contributed by atoms with Gasteiger partial charge in [-0.25, -0.2) is 0 Å². The van der Waals surface area contributed by atoms with Crippen molar-refractivity contribution in [3.8, 4) is 5.75 Å². The normalized spacial score (nSPS) is 14.7. The summed E-state index contributed by atoms with van der Waals surface area (Å²) >= 11 is 5.71. The van der Waals surface area contributed by atoms with Crippen LogP contribution in [-0.2, 0) is 6.54 Å². The van der Waals surface area contributed by atoms with Gasteiger partial charge in [-0.3, -0.25) is 0 Å².